The number of rotatable bonds is 6. The summed E-state index contributed by atoms with van der Waals surface area (Å²) in [6.07, 6.45) is 2.50. The van der Waals surface area contributed by atoms with Crippen molar-refractivity contribution in [2.75, 3.05) is 13.7 Å². The van der Waals surface area contributed by atoms with Crippen molar-refractivity contribution < 1.29 is 19.4 Å². The largest absolute Gasteiger partial charge is 0.507 e. The number of hydrogen-bond acceptors (Lipinski definition) is 4. The lowest BCUT2D eigenvalue weighted by molar-refractivity contribution is -0.139. The SMILES string of the molecule is COc1ccc(/C(O)=C2\C(=O)C(=O)N(CCc3c[nH]c4ccccc34)C2c2cccc(Br)c2)cc1. The molecule has 1 unspecified atom stereocenters. The number of carbonyl (C=O) groups is 2. The average Bonchev–Trinajstić information content (AvgIpc) is 3.40. The third-order valence-electron chi connectivity index (χ3n) is 6.36. The van der Waals surface area contributed by atoms with Crippen LogP contribution < -0.4 is 4.74 Å². The number of halogens is 1. The molecule has 35 heavy (non-hydrogen) atoms. The molecule has 0 bridgehead atoms. The Morgan fingerprint density at radius 1 is 1.06 bits per heavy atom. The first-order chi connectivity index (χ1) is 17.0. The fourth-order valence-corrected chi connectivity index (χ4v) is 5.03. The first-order valence-electron chi connectivity index (χ1n) is 11.2. The van der Waals surface area contributed by atoms with Crippen LogP contribution in [0, 0.1) is 0 Å². The number of aromatic amines is 1. The molecule has 1 atom stereocenters. The van der Waals surface area contributed by atoms with Crippen LogP contribution in [0.15, 0.2) is 89.0 Å². The fourth-order valence-electron chi connectivity index (χ4n) is 4.62. The summed E-state index contributed by atoms with van der Waals surface area (Å²) < 4.78 is 6.02. The van der Waals surface area contributed by atoms with Gasteiger partial charge in [0, 0.05) is 33.7 Å². The molecule has 0 saturated carbocycles. The zero-order chi connectivity index (χ0) is 24.5. The van der Waals surface area contributed by atoms with E-state index in [0.717, 1.165) is 26.5 Å². The third kappa shape index (κ3) is 4.23. The molecule has 7 heteroatoms. The van der Waals surface area contributed by atoms with Gasteiger partial charge in [-0.15, -0.1) is 0 Å². The number of aliphatic hydroxyl groups excluding tert-OH is 1. The number of hydrogen-bond donors (Lipinski definition) is 2. The molecule has 1 aromatic heterocycles. The zero-order valence-electron chi connectivity index (χ0n) is 19.0. The Labute approximate surface area is 211 Å². The van der Waals surface area contributed by atoms with Gasteiger partial charge >= 0.3 is 0 Å². The van der Waals surface area contributed by atoms with Gasteiger partial charge in [-0.05, 0) is 60.0 Å². The molecule has 5 rings (SSSR count). The molecular weight excluding hydrogens is 508 g/mol. The Morgan fingerprint density at radius 3 is 2.57 bits per heavy atom. The van der Waals surface area contributed by atoms with E-state index in [9.17, 15) is 14.7 Å². The van der Waals surface area contributed by atoms with Gasteiger partial charge in [0.1, 0.15) is 11.5 Å². The van der Waals surface area contributed by atoms with Crippen LogP contribution in [0.3, 0.4) is 0 Å². The number of methoxy groups -OCH3 is 1. The number of carbonyl (C=O) groups excluding carboxylic acids is 2. The Bertz CT molecular complexity index is 1460. The minimum Gasteiger partial charge on any atom is -0.507 e. The van der Waals surface area contributed by atoms with Gasteiger partial charge in [0.2, 0.25) is 0 Å². The monoisotopic (exact) mass is 530 g/mol. The highest BCUT2D eigenvalue weighted by Gasteiger charge is 2.45. The molecule has 4 aromatic rings. The zero-order valence-corrected chi connectivity index (χ0v) is 20.6. The number of benzene rings is 3. The number of fused-ring (bicyclic) bond motifs is 1. The number of aliphatic hydroxyl groups is 1. The van der Waals surface area contributed by atoms with Crippen LogP contribution in [-0.4, -0.2) is 40.3 Å². The Balaban J connectivity index is 1.56. The summed E-state index contributed by atoms with van der Waals surface area (Å²) >= 11 is 3.49. The van der Waals surface area contributed by atoms with Crippen LogP contribution in [0.25, 0.3) is 16.7 Å². The Morgan fingerprint density at radius 2 is 1.83 bits per heavy atom. The molecule has 1 fully saturated rings. The predicted octanol–water partition coefficient (Wildman–Crippen LogP) is 5.60. The Kier molecular flexibility index (Phi) is 6.17. The number of ether oxygens (including phenoxy) is 1. The molecule has 1 aliphatic heterocycles. The summed E-state index contributed by atoms with van der Waals surface area (Å²) in [7, 11) is 1.56. The number of nitrogens with zero attached hydrogens (tertiary/aromatic N) is 1. The van der Waals surface area contributed by atoms with E-state index in [2.05, 4.69) is 20.9 Å². The van der Waals surface area contributed by atoms with Crippen molar-refractivity contribution in [2.24, 2.45) is 0 Å². The molecule has 0 aliphatic carbocycles. The summed E-state index contributed by atoms with van der Waals surface area (Å²) in [5, 5.41) is 12.3. The predicted molar refractivity (Wildman–Crippen MR) is 138 cm³/mol. The number of nitrogens with one attached hydrogen (secondary N) is 1. The van der Waals surface area contributed by atoms with E-state index >= 15 is 0 Å². The standard InChI is InChI=1S/C28H23BrN2O4/c1-35-21-11-9-17(10-12-21)26(32)24-25(18-5-4-6-20(29)15-18)31(28(34)27(24)33)14-13-19-16-30-23-8-3-2-7-22(19)23/h2-12,15-16,25,30,32H,13-14H2,1H3/b26-24+. The van der Waals surface area contributed by atoms with Crippen molar-refractivity contribution in [3.8, 4) is 5.75 Å². The minimum atomic E-state index is -0.709. The smallest absolute Gasteiger partial charge is 0.295 e. The lowest BCUT2D eigenvalue weighted by Crippen LogP contribution is -2.31. The summed E-state index contributed by atoms with van der Waals surface area (Å²) in [5.41, 5.74) is 3.35. The number of ketones is 1. The van der Waals surface area contributed by atoms with Crippen LogP contribution in [0.1, 0.15) is 22.7 Å². The van der Waals surface area contributed by atoms with Crippen molar-refractivity contribution in [2.45, 2.75) is 12.5 Å². The normalized spacial score (nSPS) is 17.3. The number of aromatic nitrogens is 1. The van der Waals surface area contributed by atoms with Crippen LogP contribution in [0.5, 0.6) is 5.75 Å². The van der Waals surface area contributed by atoms with Crippen molar-refractivity contribution in [1.29, 1.82) is 0 Å². The second-order valence-corrected chi connectivity index (χ2v) is 9.30. The average molecular weight is 531 g/mol. The number of para-hydroxylation sites is 1. The van der Waals surface area contributed by atoms with Crippen molar-refractivity contribution in [3.05, 3.63) is 106 Å². The van der Waals surface area contributed by atoms with Gasteiger partial charge in [0.15, 0.2) is 0 Å². The van der Waals surface area contributed by atoms with Gasteiger partial charge in [-0.3, -0.25) is 9.59 Å². The van der Waals surface area contributed by atoms with Gasteiger partial charge in [-0.25, -0.2) is 0 Å². The quantitative estimate of drug-likeness (QED) is 0.193. The molecule has 2 N–H and O–H groups in total. The second kappa shape index (κ2) is 9.43. The maximum atomic E-state index is 13.2. The highest BCUT2D eigenvalue weighted by atomic mass is 79.9. The topological polar surface area (TPSA) is 82.6 Å². The summed E-state index contributed by atoms with van der Waals surface area (Å²) in [4.78, 5) is 31.3. The van der Waals surface area contributed by atoms with E-state index in [0.29, 0.717) is 24.3 Å². The molecule has 2 heterocycles. The van der Waals surface area contributed by atoms with E-state index in [1.165, 1.54) is 0 Å². The van der Waals surface area contributed by atoms with E-state index < -0.39 is 17.7 Å². The minimum absolute atomic E-state index is 0.0807. The first kappa shape index (κ1) is 22.9. The fraction of sp³-hybridized carbons (Fsp3) is 0.143. The summed E-state index contributed by atoms with van der Waals surface area (Å²) in [6.45, 7) is 0.322. The number of likely N-dealkylation sites (tertiary alicyclic amines) is 1. The maximum absolute atomic E-state index is 13.2. The molecule has 6 nitrogen and oxygen atoms in total. The number of amides is 1. The highest BCUT2D eigenvalue weighted by molar-refractivity contribution is 9.10. The highest BCUT2D eigenvalue weighted by Crippen LogP contribution is 2.40. The van der Waals surface area contributed by atoms with E-state index in [1.54, 1.807) is 36.3 Å². The van der Waals surface area contributed by atoms with Gasteiger partial charge < -0.3 is 19.7 Å². The molecule has 0 radical (unpaired) electrons. The van der Waals surface area contributed by atoms with Crippen molar-refractivity contribution >= 4 is 44.3 Å². The lowest BCUT2D eigenvalue weighted by Gasteiger charge is -2.25. The Hall–Kier alpha value is -3.84. The van der Waals surface area contributed by atoms with Gasteiger partial charge in [0.25, 0.3) is 11.7 Å². The molecule has 0 spiro atoms. The van der Waals surface area contributed by atoms with E-state index in [-0.39, 0.29) is 11.3 Å². The van der Waals surface area contributed by atoms with E-state index in [1.807, 2.05) is 54.7 Å². The molecule has 3 aromatic carbocycles. The first-order valence-corrected chi connectivity index (χ1v) is 12.0. The molecular formula is C28H23BrN2O4. The lowest BCUT2D eigenvalue weighted by atomic mass is 9.95. The molecule has 1 amide bonds. The van der Waals surface area contributed by atoms with Crippen molar-refractivity contribution in [1.82, 2.24) is 9.88 Å². The van der Waals surface area contributed by atoms with Gasteiger partial charge in [-0.2, -0.15) is 0 Å². The second-order valence-electron chi connectivity index (χ2n) is 8.39. The molecule has 1 aliphatic rings. The van der Waals surface area contributed by atoms with Crippen LogP contribution in [-0.2, 0) is 16.0 Å². The molecule has 176 valence electrons. The molecule has 1 saturated heterocycles. The van der Waals surface area contributed by atoms with Gasteiger partial charge in [-0.1, -0.05) is 46.3 Å². The maximum Gasteiger partial charge on any atom is 0.295 e. The number of Topliss-reactive ketones (excluding diaryl/α,β-unsaturated/α-hetero) is 1. The van der Waals surface area contributed by atoms with Crippen molar-refractivity contribution in [3.63, 3.8) is 0 Å². The van der Waals surface area contributed by atoms with Crippen LogP contribution >= 0.6 is 15.9 Å². The number of H-pyrrole nitrogens is 1. The van der Waals surface area contributed by atoms with Crippen LogP contribution in [0.2, 0.25) is 0 Å². The summed E-state index contributed by atoms with van der Waals surface area (Å²) in [5.74, 6) is -0.887. The van der Waals surface area contributed by atoms with E-state index in [4.69, 9.17) is 4.74 Å². The van der Waals surface area contributed by atoms with Gasteiger partial charge in [0.05, 0.1) is 18.7 Å². The summed E-state index contributed by atoms with van der Waals surface area (Å²) in [6, 6.07) is 21.5. The third-order valence-corrected chi connectivity index (χ3v) is 6.86. The van der Waals surface area contributed by atoms with Crippen LogP contribution in [0.4, 0.5) is 0 Å².